The second-order valence-corrected chi connectivity index (χ2v) is 4.23. The van der Waals surface area contributed by atoms with Crippen molar-refractivity contribution >= 4 is 0 Å². The van der Waals surface area contributed by atoms with Gasteiger partial charge in [0.05, 0.1) is 0 Å². The highest BCUT2D eigenvalue weighted by Gasteiger charge is 2.30. The molecule has 1 saturated heterocycles. The van der Waals surface area contributed by atoms with E-state index in [2.05, 4.69) is 0 Å². The summed E-state index contributed by atoms with van der Waals surface area (Å²) < 4.78 is 18.4. The van der Waals surface area contributed by atoms with Crippen LogP contribution in [0.1, 0.15) is 24.0 Å². The van der Waals surface area contributed by atoms with E-state index in [-0.39, 0.29) is 11.4 Å². The van der Waals surface area contributed by atoms with Crippen molar-refractivity contribution in [2.24, 2.45) is 5.73 Å². The third kappa shape index (κ3) is 2.03. The summed E-state index contributed by atoms with van der Waals surface area (Å²) in [6.45, 7) is 3.14. The van der Waals surface area contributed by atoms with E-state index in [1.807, 2.05) is 6.07 Å². The molecule has 2 nitrogen and oxygen atoms in total. The van der Waals surface area contributed by atoms with Gasteiger partial charge in [0.15, 0.2) is 0 Å². The number of benzene rings is 1. The van der Waals surface area contributed by atoms with Gasteiger partial charge in [-0.15, -0.1) is 0 Å². The number of nitrogens with two attached hydrogens (primary N) is 1. The Morgan fingerprint density at radius 2 is 2.00 bits per heavy atom. The van der Waals surface area contributed by atoms with Crippen molar-refractivity contribution in [3.05, 3.63) is 35.1 Å². The summed E-state index contributed by atoms with van der Waals surface area (Å²) in [7, 11) is 0. The minimum atomic E-state index is -0.337. The van der Waals surface area contributed by atoms with Crippen molar-refractivity contribution < 1.29 is 9.13 Å². The van der Waals surface area contributed by atoms with Crippen molar-refractivity contribution in [3.63, 3.8) is 0 Å². The van der Waals surface area contributed by atoms with E-state index in [0.29, 0.717) is 18.8 Å². The molecule has 1 aliphatic heterocycles. The zero-order valence-electron chi connectivity index (χ0n) is 8.92. The lowest BCUT2D eigenvalue weighted by Crippen LogP contribution is -2.42. The molecule has 2 N–H and O–H groups in total. The van der Waals surface area contributed by atoms with E-state index in [1.54, 1.807) is 13.0 Å². The van der Waals surface area contributed by atoms with Gasteiger partial charge in [0.2, 0.25) is 0 Å². The lowest BCUT2D eigenvalue weighted by Gasteiger charge is -2.34. The van der Waals surface area contributed by atoms with Gasteiger partial charge in [0, 0.05) is 18.8 Å². The molecule has 1 aromatic rings. The van der Waals surface area contributed by atoms with Crippen LogP contribution in [-0.2, 0) is 10.3 Å². The topological polar surface area (TPSA) is 35.2 Å². The fraction of sp³-hybridized carbons (Fsp3) is 0.500. The van der Waals surface area contributed by atoms with Crippen LogP contribution < -0.4 is 5.73 Å². The van der Waals surface area contributed by atoms with Crippen LogP contribution in [0.4, 0.5) is 4.39 Å². The Hall–Kier alpha value is -0.930. The molecule has 0 bridgehead atoms. The fourth-order valence-electron chi connectivity index (χ4n) is 1.98. The molecule has 0 aromatic heterocycles. The first-order valence-electron chi connectivity index (χ1n) is 5.25. The van der Waals surface area contributed by atoms with Gasteiger partial charge in [-0.05, 0) is 37.0 Å². The zero-order chi connectivity index (χ0) is 10.9. The quantitative estimate of drug-likeness (QED) is 0.768. The maximum Gasteiger partial charge on any atom is 0.126 e. The SMILES string of the molecule is Cc1cc(C2(N)CCOCC2)ccc1F. The van der Waals surface area contributed by atoms with E-state index in [1.165, 1.54) is 6.07 Å². The maximum absolute atomic E-state index is 13.1. The predicted molar refractivity (Wildman–Crippen MR) is 57.1 cm³/mol. The average molecular weight is 209 g/mol. The monoisotopic (exact) mass is 209 g/mol. The minimum absolute atomic E-state index is 0.172. The van der Waals surface area contributed by atoms with Gasteiger partial charge in [0.25, 0.3) is 0 Å². The van der Waals surface area contributed by atoms with Crippen LogP contribution in [0.3, 0.4) is 0 Å². The number of rotatable bonds is 1. The first-order chi connectivity index (χ1) is 7.12. The van der Waals surface area contributed by atoms with Crippen LogP contribution in [0, 0.1) is 12.7 Å². The Labute approximate surface area is 89.2 Å². The lowest BCUT2D eigenvalue weighted by atomic mass is 9.83. The zero-order valence-corrected chi connectivity index (χ0v) is 8.92. The Balaban J connectivity index is 2.31. The molecule has 82 valence electrons. The second kappa shape index (κ2) is 3.91. The molecular formula is C12H16FNO. The van der Waals surface area contributed by atoms with Crippen molar-refractivity contribution in [2.45, 2.75) is 25.3 Å². The van der Waals surface area contributed by atoms with E-state index in [4.69, 9.17) is 10.5 Å². The molecule has 0 radical (unpaired) electrons. The van der Waals surface area contributed by atoms with E-state index >= 15 is 0 Å². The van der Waals surface area contributed by atoms with Crippen LogP contribution in [0.5, 0.6) is 0 Å². The largest absolute Gasteiger partial charge is 0.381 e. The van der Waals surface area contributed by atoms with Gasteiger partial charge in [-0.3, -0.25) is 0 Å². The molecule has 2 rings (SSSR count). The maximum atomic E-state index is 13.1. The summed E-state index contributed by atoms with van der Waals surface area (Å²) in [5.41, 5.74) is 7.63. The summed E-state index contributed by atoms with van der Waals surface area (Å²) >= 11 is 0. The van der Waals surface area contributed by atoms with Crippen molar-refractivity contribution in [3.8, 4) is 0 Å². The first-order valence-corrected chi connectivity index (χ1v) is 5.25. The van der Waals surface area contributed by atoms with Crippen LogP contribution in [0.2, 0.25) is 0 Å². The second-order valence-electron chi connectivity index (χ2n) is 4.23. The van der Waals surface area contributed by atoms with E-state index in [0.717, 1.165) is 18.4 Å². The Bertz CT molecular complexity index is 359. The number of hydrogen-bond acceptors (Lipinski definition) is 2. The molecular weight excluding hydrogens is 193 g/mol. The highest BCUT2D eigenvalue weighted by Crippen LogP contribution is 2.30. The molecule has 1 aliphatic rings. The highest BCUT2D eigenvalue weighted by molar-refractivity contribution is 5.30. The van der Waals surface area contributed by atoms with Crippen LogP contribution in [-0.4, -0.2) is 13.2 Å². The standard InChI is InChI=1S/C12H16FNO/c1-9-8-10(2-3-11(9)13)12(14)4-6-15-7-5-12/h2-3,8H,4-7,14H2,1H3. The number of halogens is 1. The molecule has 3 heteroatoms. The van der Waals surface area contributed by atoms with Gasteiger partial charge in [0.1, 0.15) is 5.82 Å². The number of aryl methyl sites for hydroxylation is 1. The van der Waals surface area contributed by atoms with Gasteiger partial charge in [-0.2, -0.15) is 0 Å². The third-order valence-electron chi connectivity index (χ3n) is 3.12. The van der Waals surface area contributed by atoms with Crippen LogP contribution >= 0.6 is 0 Å². The smallest absolute Gasteiger partial charge is 0.126 e. The summed E-state index contributed by atoms with van der Waals surface area (Å²) in [6.07, 6.45) is 1.61. The predicted octanol–water partition coefficient (Wildman–Crippen LogP) is 2.10. The molecule has 15 heavy (non-hydrogen) atoms. The van der Waals surface area contributed by atoms with Crippen molar-refractivity contribution in [1.29, 1.82) is 0 Å². The summed E-state index contributed by atoms with van der Waals surface area (Å²) in [5.74, 6) is -0.172. The van der Waals surface area contributed by atoms with Gasteiger partial charge in [-0.25, -0.2) is 4.39 Å². The number of ether oxygens (including phenoxy) is 1. The summed E-state index contributed by atoms with van der Waals surface area (Å²) in [4.78, 5) is 0. The average Bonchev–Trinajstić information content (AvgIpc) is 2.23. The molecule has 1 aromatic carbocycles. The van der Waals surface area contributed by atoms with Crippen molar-refractivity contribution in [2.75, 3.05) is 13.2 Å². The van der Waals surface area contributed by atoms with Gasteiger partial charge in [-0.1, -0.05) is 12.1 Å². The van der Waals surface area contributed by atoms with E-state index in [9.17, 15) is 4.39 Å². The highest BCUT2D eigenvalue weighted by atomic mass is 19.1. The minimum Gasteiger partial charge on any atom is -0.381 e. The lowest BCUT2D eigenvalue weighted by molar-refractivity contribution is 0.0522. The molecule has 0 amide bonds. The van der Waals surface area contributed by atoms with Crippen molar-refractivity contribution in [1.82, 2.24) is 0 Å². The van der Waals surface area contributed by atoms with Crippen LogP contribution in [0.15, 0.2) is 18.2 Å². The summed E-state index contributed by atoms with van der Waals surface area (Å²) in [5, 5.41) is 0. The molecule has 0 unspecified atom stereocenters. The molecule has 0 spiro atoms. The molecule has 0 atom stereocenters. The number of hydrogen-bond donors (Lipinski definition) is 1. The normalized spacial score (nSPS) is 20.2. The molecule has 0 aliphatic carbocycles. The molecule has 0 saturated carbocycles. The Morgan fingerprint density at radius 3 is 2.60 bits per heavy atom. The van der Waals surface area contributed by atoms with Gasteiger partial charge < -0.3 is 10.5 Å². The fourth-order valence-corrected chi connectivity index (χ4v) is 1.98. The molecule has 1 heterocycles. The first kappa shape index (κ1) is 10.6. The van der Waals surface area contributed by atoms with Crippen LogP contribution in [0.25, 0.3) is 0 Å². The molecule has 1 fully saturated rings. The Morgan fingerprint density at radius 1 is 1.33 bits per heavy atom. The Kier molecular flexibility index (Phi) is 2.76. The third-order valence-corrected chi connectivity index (χ3v) is 3.12. The van der Waals surface area contributed by atoms with E-state index < -0.39 is 0 Å². The summed E-state index contributed by atoms with van der Waals surface area (Å²) in [6, 6.07) is 5.13. The van der Waals surface area contributed by atoms with Gasteiger partial charge >= 0.3 is 0 Å².